The first-order valence-corrected chi connectivity index (χ1v) is 16.0. The summed E-state index contributed by atoms with van der Waals surface area (Å²) in [4.78, 5) is 0. The summed E-state index contributed by atoms with van der Waals surface area (Å²) in [6.07, 6.45) is 3.95. The van der Waals surface area contributed by atoms with Crippen LogP contribution in [0.4, 0.5) is 0 Å². The van der Waals surface area contributed by atoms with E-state index in [2.05, 4.69) is 0 Å². The average Bonchev–Trinajstić information content (AvgIpc) is 2.83. The zero-order chi connectivity index (χ0) is 25.3. The summed E-state index contributed by atoms with van der Waals surface area (Å²) < 4.78 is 70.7. The third-order valence-electron chi connectivity index (χ3n) is 7.19. The molecule has 4 saturated carbocycles. The maximum Gasteiger partial charge on any atom is 0.679 e. The molecule has 0 saturated heterocycles. The Hall–Kier alpha value is 0.171. The lowest BCUT2D eigenvalue weighted by molar-refractivity contribution is -0.270. The molecule has 0 aromatic carbocycles. The summed E-state index contributed by atoms with van der Waals surface area (Å²) in [6, 6.07) is 0. The van der Waals surface area contributed by atoms with E-state index in [0.717, 1.165) is 19.3 Å². The summed E-state index contributed by atoms with van der Waals surface area (Å²) in [6.45, 7) is 0. The summed E-state index contributed by atoms with van der Waals surface area (Å²) >= 11 is 0. The topological polar surface area (TPSA) is 111 Å². The molecule has 0 heterocycles. The summed E-state index contributed by atoms with van der Waals surface area (Å²) in [7, 11) is 3.48. The van der Waals surface area contributed by atoms with Crippen LogP contribution in [0.1, 0.15) is 38.5 Å². The molecular formula is C19H40O12Si3. The van der Waals surface area contributed by atoms with E-state index in [1.54, 1.807) is 0 Å². The molecule has 0 amide bonds. The highest BCUT2D eigenvalue weighted by Gasteiger charge is 2.71. The smallest absolute Gasteiger partial charge is 0.355 e. The quantitative estimate of drug-likeness (QED) is 0.278. The van der Waals surface area contributed by atoms with Crippen LogP contribution in [0, 0.1) is 5.92 Å². The standard InChI is InChI=1S/C19H40O12Si3/c1-20-32(21-2,22-3)29-17-10-16-11-18(13-17,30-33(23-4,24-5)25-6)15-19(12-16,14-17)31-34(26-7,27-8)28-9/h16H,10-15H2,1-9H3. The molecule has 4 bridgehead atoms. The molecule has 34 heavy (non-hydrogen) atoms. The van der Waals surface area contributed by atoms with Crippen LogP contribution < -0.4 is 0 Å². The van der Waals surface area contributed by atoms with Crippen molar-refractivity contribution < 1.29 is 53.1 Å². The molecule has 15 heteroatoms. The maximum atomic E-state index is 6.66. The van der Waals surface area contributed by atoms with Gasteiger partial charge in [-0.05, 0) is 25.2 Å². The molecule has 12 nitrogen and oxygen atoms in total. The predicted molar refractivity (Wildman–Crippen MR) is 123 cm³/mol. The van der Waals surface area contributed by atoms with E-state index in [1.165, 1.54) is 64.0 Å². The van der Waals surface area contributed by atoms with Crippen LogP contribution in [0.3, 0.4) is 0 Å². The second-order valence-corrected chi connectivity index (χ2v) is 16.5. The third-order valence-corrected chi connectivity index (χ3v) is 13.7. The van der Waals surface area contributed by atoms with Crippen LogP contribution >= 0.6 is 0 Å². The summed E-state index contributed by atoms with van der Waals surface area (Å²) in [5, 5.41) is 0. The van der Waals surface area contributed by atoms with Gasteiger partial charge in [0.25, 0.3) is 0 Å². The van der Waals surface area contributed by atoms with Crippen LogP contribution in [0.2, 0.25) is 0 Å². The van der Waals surface area contributed by atoms with Gasteiger partial charge < -0.3 is 53.1 Å². The van der Waals surface area contributed by atoms with Gasteiger partial charge in [-0.3, -0.25) is 0 Å². The fourth-order valence-corrected chi connectivity index (χ4v) is 11.0. The highest BCUT2D eigenvalue weighted by Crippen LogP contribution is 2.64. The Morgan fingerprint density at radius 2 is 0.618 bits per heavy atom. The first-order valence-electron chi connectivity index (χ1n) is 11.1. The van der Waals surface area contributed by atoms with E-state index in [1.807, 2.05) is 0 Å². The molecule has 4 aliphatic carbocycles. The molecule has 0 unspecified atom stereocenters. The fourth-order valence-electron chi connectivity index (χ4n) is 6.44. The maximum absolute atomic E-state index is 6.66. The first kappa shape index (κ1) is 28.7. The zero-order valence-electron chi connectivity index (χ0n) is 21.7. The van der Waals surface area contributed by atoms with E-state index in [-0.39, 0.29) is 5.92 Å². The normalized spacial score (nSPS) is 33.6. The summed E-state index contributed by atoms with van der Waals surface area (Å²) in [5.41, 5.74) is -2.13. The van der Waals surface area contributed by atoms with Gasteiger partial charge in [-0.15, -0.1) is 0 Å². The van der Waals surface area contributed by atoms with Crippen LogP contribution in [0.5, 0.6) is 0 Å². The Morgan fingerprint density at radius 3 is 0.794 bits per heavy atom. The fraction of sp³-hybridized carbons (Fsp3) is 1.00. The second kappa shape index (κ2) is 10.5. The molecule has 4 aliphatic rings. The van der Waals surface area contributed by atoms with Crippen molar-refractivity contribution in [2.24, 2.45) is 5.92 Å². The lowest BCUT2D eigenvalue weighted by atomic mass is 9.50. The molecule has 0 aliphatic heterocycles. The van der Waals surface area contributed by atoms with Gasteiger partial charge in [0, 0.05) is 83.3 Å². The Balaban J connectivity index is 2.06. The molecule has 200 valence electrons. The summed E-state index contributed by atoms with van der Waals surface area (Å²) in [5.74, 6) is 0.211. The Bertz CT molecular complexity index is 564. The molecular weight excluding hydrogens is 504 g/mol. The van der Waals surface area contributed by atoms with Gasteiger partial charge in [0.15, 0.2) is 0 Å². The Morgan fingerprint density at radius 1 is 0.412 bits per heavy atom. The van der Waals surface area contributed by atoms with E-state index in [4.69, 9.17) is 53.1 Å². The van der Waals surface area contributed by atoms with Crippen molar-refractivity contribution in [3.8, 4) is 0 Å². The number of hydrogen-bond donors (Lipinski definition) is 0. The van der Waals surface area contributed by atoms with Crippen molar-refractivity contribution >= 4 is 27.1 Å². The number of rotatable bonds is 15. The highest BCUT2D eigenvalue weighted by atomic mass is 28.4. The minimum absolute atomic E-state index is 0.211. The van der Waals surface area contributed by atoms with Crippen LogP contribution in [-0.4, -0.2) is 108 Å². The monoisotopic (exact) mass is 544 g/mol. The molecule has 0 aromatic heterocycles. The molecule has 4 fully saturated rings. The lowest BCUT2D eigenvalue weighted by Gasteiger charge is -2.66. The first-order chi connectivity index (χ1) is 16.1. The Labute approximate surface area is 205 Å². The van der Waals surface area contributed by atoms with Crippen molar-refractivity contribution in [3.63, 3.8) is 0 Å². The van der Waals surface area contributed by atoms with Gasteiger partial charge in [-0.2, -0.15) is 0 Å². The highest BCUT2D eigenvalue weighted by molar-refractivity contribution is 6.54. The van der Waals surface area contributed by atoms with E-state index in [9.17, 15) is 0 Å². The van der Waals surface area contributed by atoms with Gasteiger partial charge in [-0.1, -0.05) is 0 Å². The third kappa shape index (κ3) is 5.12. The molecule has 0 radical (unpaired) electrons. The zero-order valence-corrected chi connectivity index (χ0v) is 24.7. The van der Waals surface area contributed by atoms with Crippen LogP contribution in [-0.2, 0) is 53.1 Å². The average molecular weight is 545 g/mol. The van der Waals surface area contributed by atoms with E-state index >= 15 is 0 Å². The van der Waals surface area contributed by atoms with Crippen molar-refractivity contribution in [2.75, 3.05) is 64.0 Å². The predicted octanol–water partition coefficient (Wildman–Crippen LogP) is 1.37. The van der Waals surface area contributed by atoms with Crippen LogP contribution in [0.25, 0.3) is 0 Å². The van der Waals surface area contributed by atoms with Gasteiger partial charge in [0.1, 0.15) is 0 Å². The largest absolute Gasteiger partial charge is 0.679 e. The SMILES string of the molecule is CO[Si](OC)(OC)OC12CC3CC(O[Si](OC)(OC)OC)(C1)CC(O[Si](OC)(OC)OC)(C3)C2. The Kier molecular flexibility index (Phi) is 8.88. The molecule has 0 atom stereocenters. The minimum Gasteiger partial charge on any atom is -0.355 e. The van der Waals surface area contributed by atoms with Crippen LogP contribution in [0.15, 0.2) is 0 Å². The van der Waals surface area contributed by atoms with Gasteiger partial charge in [0.05, 0.1) is 16.8 Å². The van der Waals surface area contributed by atoms with Crippen molar-refractivity contribution in [1.29, 1.82) is 0 Å². The lowest BCUT2D eigenvalue weighted by Crippen LogP contribution is -2.74. The van der Waals surface area contributed by atoms with Gasteiger partial charge in [-0.25, -0.2) is 0 Å². The number of hydrogen-bond acceptors (Lipinski definition) is 12. The van der Waals surface area contributed by atoms with E-state index < -0.39 is 43.9 Å². The second-order valence-electron chi connectivity index (χ2n) is 9.20. The van der Waals surface area contributed by atoms with Gasteiger partial charge in [0.2, 0.25) is 0 Å². The van der Waals surface area contributed by atoms with Gasteiger partial charge >= 0.3 is 27.1 Å². The van der Waals surface area contributed by atoms with Crippen molar-refractivity contribution in [3.05, 3.63) is 0 Å². The molecule has 0 aromatic rings. The molecule has 0 N–H and O–H groups in total. The minimum atomic E-state index is -3.41. The van der Waals surface area contributed by atoms with Crippen molar-refractivity contribution in [2.45, 2.75) is 55.3 Å². The molecule has 4 rings (SSSR count). The van der Waals surface area contributed by atoms with E-state index in [0.29, 0.717) is 19.3 Å². The van der Waals surface area contributed by atoms with Crippen molar-refractivity contribution in [1.82, 2.24) is 0 Å². The molecule has 0 spiro atoms.